The molecule has 2 atom stereocenters. The van der Waals surface area contributed by atoms with Crippen molar-refractivity contribution in [1.82, 2.24) is 0 Å². The molecule has 1 heteroatoms. The normalized spacial score (nSPS) is 49.9. The van der Waals surface area contributed by atoms with Crippen LogP contribution in [0.3, 0.4) is 0 Å². The van der Waals surface area contributed by atoms with Crippen molar-refractivity contribution in [3.05, 3.63) is 0 Å². The molecule has 0 aromatic heterocycles. The Morgan fingerprint density at radius 1 is 1.12 bits per heavy atom. The Morgan fingerprint density at radius 2 is 1.81 bits per heavy atom. The van der Waals surface area contributed by atoms with E-state index in [0.29, 0.717) is 0 Å². The summed E-state index contributed by atoms with van der Waals surface area (Å²) in [6.07, 6.45) is 12.0. The summed E-state index contributed by atoms with van der Waals surface area (Å²) >= 11 is 0. The number of hydrogen-bond acceptors (Lipinski definition) is 1. The van der Waals surface area contributed by atoms with Gasteiger partial charge in [-0.25, -0.2) is 0 Å². The summed E-state index contributed by atoms with van der Waals surface area (Å²) in [5.74, 6) is 4.32. The van der Waals surface area contributed by atoms with Gasteiger partial charge in [0.15, 0.2) is 0 Å². The minimum Gasteiger partial charge on any atom is -0.330 e. The first-order valence-corrected chi connectivity index (χ1v) is 7.46. The molecule has 2 unspecified atom stereocenters. The van der Waals surface area contributed by atoms with Crippen molar-refractivity contribution in [2.24, 2.45) is 34.8 Å². The number of hydrogen-bond donors (Lipinski definition) is 1. The number of rotatable bonds is 4. The molecule has 0 spiro atoms. The zero-order chi connectivity index (χ0) is 11.2. The lowest BCUT2D eigenvalue weighted by molar-refractivity contribution is -0.0990. The monoisotopic (exact) mass is 221 g/mol. The molecular formula is C15H27N. The van der Waals surface area contributed by atoms with Crippen LogP contribution in [-0.4, -0.2) is 6.54 Å². The second kappa shape index (κ2) is 4.01. The first kappa shape index (κ1) is 11.1. The smallest absolute Gasteiger partial charge is 0.00772 e. The van der Waals surface area contributed by atoms with Gasteiger partial charge in [0.2, 0.25) is 0 Å². The summed E-state index contributed by atoms with van der Waals surface area (Å²) < 4.78 is 0. The first-order valence-electron chi connectivity index (χ1n) is 7.46. The van der Waals surface area contributed by atoms with Gasteiger partial charge >= 0.3 is 0 Å². The van der Waals surface area contributed by atoms with Crippen LogP contribution in [0.5, 0.6) is 0 Å². The largest absolute Gasteiger partial charge is 0.330 e. The van der Waals surface area contributed by atoms with Crippen molar-refractivity contribution in [3.63, 3.8) is 0 Å². The average molecular weight is 221 g/mol. The molecule has 0 aromatic rings. The highest BCUT2D eigenvalue weighted by Gasteiger charge is 2.53. The molecule has 16 heavy (non-hydrogen) atoms. The van der Waals surface area contributed by atoms with E-state index in [9.17, 15) is 0 Å². The van der Waals surface area contributed by atoms with Crippen LogP contribution in [0.25, 0.3) is 0 Å². The highest BCUT2D eigenvalue weighted by atomic mass is 14.6. The van der Waals surface area contributed by atoms with Gasteiger partial charge in [-0.15, -0.1) is 0 Å². The van der Waals surface area contributed by atoms with Gasteiger partial charge in [-0.2, -0.15) is 0 Å². The van der Waals surface area contributed by atoms with E-state index in [1.165, 1.54) is 19.3 Å². The SMILES string of the molecule is CCC12CC3CC(C1)C(CCCN)C(C3)C2. The van der Waals surface area contributed by atoms with E-state index in [4.69, 9.17) is 5.73 Å². The van der Waals surface area contributed by atoms with Gasteiger partial charge in [-0.1, -0.05) is 13.3 Å². The molecule has 4 rings (SSSR count). The lowest BCUT2D eigenvalue weighted by Gasteiger charge is -2.60. The third kappa shape index (κ3) is 1.63. The molecule has 0 amide bonds. The Kier molecular flexibility index (Phi) is 2.78. The van der Waals surface area contributed by atoms with Gasteiger partial charge in [0, 0.05) is 0 Å². The molecule has 92 valence electrons. The summed E-state index contributed by atoms with van der Waals surface area (Å²) in [5.41, 5.74) is 6.47. The predicted octanol–water partition coefficient (Wildman–Crippen LogP) is 3.58. The zero-order valence-corrected chi connectivity index (χ0v) is 10.8. The highest BCUT2D eigenvalue weighted by molar-refractivity contribution is 5.04. The lowest BCUT2D eigenvalue weighted by Crippen LogP contribution is -2.50. The fourth-order valence-corrected chi connectivity index (χ4v) is 5.56. The molecule has 0 radical (unpaired) electrons. The zero-order valence-electron chi connectivity index (χ0n) is 10.8. The number of nitrogens with two attached hydrogens (primary N) is 1. The maximum Gasteiger partial charge on any atom is -0.00772 e. The van der Waals surface area contributed by atoms with E-state index in [1.54, 1.807) is 32.1 Å². The Balaban J connectivity index is 1.74. The molecule has 4 bridgehead atoms. The van der Waals surface area contributed by atoms with Crippen LogP contribution >= 0.6 is 0 Å². The van der Waals surface area contributed by atoms with Crippen LogP contribution in [-0.2, 0) is 0 Å². The van der Waals surface area contributed by atoms with Crippen LogP contribution in [0, 0.1) is 29.1 Å². The van der Waals surface area contributed by atoms with Gasteiger partial charge in [0.1, 0.15) is 0 Å². The molecule has 4 aliphatic rings. The third-order valence-electron chi connectivity index (χ3n) is 6.09. The van der Waals surface area contributed by atoms with E-state index in [0.717, 1.165) is 35.6 Å². The highest BCUT2D eigenvalue weighted by Crippen LogP contribution is 2.64. The molecule has 4 aliphatic carbocycles. The molecule has 4 saturated carbocycles. The summed E-state index contributed by atoms with van der Waals surface area (Å²) in [7, 11) is 0. The summed E-state index contributed by atoms with van der Waals surface area (Å²) in [6, 6.07) is 0. The van der Waals surface area contributed by atoms with Crippen molar-refractivity contribution in [2.45, 2.75) is 58.3 Å². The van der Waals surface area contributed by atoms with E-state index in [1.807, 2.05) is 0 Å². The molecular weight excluding hydrogens is 194 g/mol. The van der Waals surface area contributed by atoms with Gasteiger partial charge in [0.05, 0.1) is 0 Å². The van der Waals surface area contributed by atoms with Crippen molar-refractivity contribution in [2.75, 3.05) is 6.54 Å². The van der Waals surface area contributed by atoms with E-state index >= 15 is 0 Å². The second-order valence-electron chi connectivity index (χ2n) is 6.92. The van der Waals surface area contributed by atoms with Crippen molar-refractivity contribution >= 4 is 0 Å². The average Bonchev–Trinajstić information content (AvgIpc) is 2.27. The molecule has 0 heterocycles. The Morgan fingerprint density at radius 3 is 2.38 bits per heavy atom. The summed E-state index contributed by atoms with van der Waals surface area (Å²) in [5, 5.41) is 0. The molecule has 0 saturated heterocycles. The minimum atomic E-state index is 0.787. The standard InChI is InChI=1S/C15H27N/c1-2-15-8-11-6-12(9-15)14(4-3-5-16)13(7-11)10-15/h11-14H,2-10,16H2,1H3. The van der Waals surface area contributed by atoms with E-state index < -0.39 is 0 Å². The van der Waals surface area contributed by atoms with Gasteiger partial charge in [-0.3, -0.25) is 0 Å². The van der Waals surface area contributed by atoms with Crippen molar-refractivity contribution in [1.29, 1.82) is 0 Å². The molecule has 2 N–H and O–H groups in total. The maximum atomic E-state index is 5.68. The van der Waals surface area contributed by atoms with Gasteiger partial charge in [-0.05, 0) is 80.6 Å². The molecule has 4 fully saturated rings. The first-order chi connectivity index (χ1) is 7.76. The van der Waals surface area contributed by atoms with E-state index in [2.05, 4.69) is 6.92 Å². The van der Waals surface area contributed by atoms with Crippen molar-refractivity contribution in [3.8, 4) is 0 Å². The molecule has 0 aromatic carbocycles. The van der Waals surface area contributed by atoms with Gasteiger partial charge < -0.3 is 5.73 Å². The quantitative estimate of drug-likeness (QED) is 0.771. The van der Waals surface area contributed by atoms with E-state index in [-0.39, 0.29) is 0 Å². The fraction of sp³-hybridized carbons (Fsp3) is 1.00. The molecule has 0 aliphatic heterocycles. The summed E-state index contributed by atoms with van der Waals surface area (Å²) in [4.78, 5) is 0. The van der Waals surface area contributed by atoms with Gasteiger partial charge in [0.25, 0.3) is 0 Å². The van der Waals surface area contributed by atoms with Crippen LogP contribution in [0.1, 0.15) is 58.3 Å². The third-order valence-corrected chi connectivity index (χ3v) is 6.09. The fourth-order valence-electron chi connectivity index (χ4n) is 5.56. The van der Waals surface area contributed by atoms with Crippen LogP contribution in [0.2, 0.25) is 0 Å². The van der Waals surface area contributed by atoms with Crippen LogP contribution < -0.4 is 5.73 Å². The Bertz CT molecular complexity index is 244. The Hall–Kier alpha value is -0.0400. The second-order valence-corrected chi connectivity index (χ2v) is 6.92. The maximum absolute atomic E-state index is 5.68. The summed E-state index contributed by atoms with van der Waals surface area (Å²) in [6.45, 7) is 3.33. The molecule has 1 nitrogen and oxygen atoms in total. The minimum absolute atomic E-state index is 0.787. The van der Waals surface area contributed by atoms with Crippen LogP contribution in [0.4, 0.5) is 0 Å². The Labute approximate surface area is 100 Å². The predicted molar refractivity (Wildman–Crippen MR) is 68.1 cm³/mol. The lowest BCUT2D eigenvalue weighted by atomic mass is 9.45. The topological polar surface area (TPSA) is 26.0 Å². The van der Waals surface area contributed by atoms with Crippen LogP contribution in [0.15, 0.2) is 0 Å². The van der Waals surface area contributed by atoms with Crippen molar-refractivity contribution < 1.29 is 0 Å².